The van der Waals surface area contributed by atoms with Gasteiger partial charge in [-0.15, -0.1) is 0 Å². The van der Waals surface area contributed by atoms with Crippen molar-refractivity contribution in [3.05, 3.63) is 41.9 Å². The molecule has 0 fully saturated rings. The minimum Gasteiger partial charge on any atom is -0.384 e. The van der Waals surface area contributed by atoms with Gasteiger partial charge in [-0.25, -0.2) is 4.98 Å². The molecule has 5 heteroatoms. The van der Waals surface area contributed by atoms with E-state index in [-0.39, 0.29) is 5.95 Å². The monoisotopic (exact) mass is 201 g/mol. The van der Waals surface area contributed by atoms with Gasteiger partial charge in [-0.3, -0.25) is 4.98 Å². The molecule has 0 saturated carbocycles. The second-order valence-corrected chi connectivity index (χ2v) is 3.18. The fourth-order valence-electron chi connectivity index (χ4n) is 1.34. The standard InChI is InChI=1S/C10H11N5/c11-9-5-8(14-10(12)15-9)4-7-2-1-3-13-6-7/h1-3,5-6H,4H2,(H4,11,12,14,15). The van der Waals surface area contributed by atoms with Crippen LogP contribution in [0.2, 0.25) is 0 Å². The molecular formula is C10H11N5. The Hall–Kier alpha value is -2.17. The first-order valence-corrected chi connectivity index (χ1v) is 4.52. The first kappa shape index (κ1) is 9.39. The average Bonchev–Trinajstić information content (AvgIpc) is 2.17. The molecule has 15 heavy (non-hydrogen) atoms. The number of rotatable bonds is 2. The van der Waals surface area contributed by atoms with E-state index in [0.29, 0.717) is 12.2 Å². The van der Waals surface area contributed by atoms with Crippen molar-refractivity contribution in [2.45, 2.75) is 6.42 Å². The number of nitrogens with zero attached hydrogens (tertiary/aromatic N) is 3. The Bertz CT molecular complexity index is 434. The summed E-state index contributed by atoms with van der Waals surface area (Å²) in [5.74, 6) is 0.593. The largest absolute Gasteiger partial charge is 0.384 e. The molecule has 2 rings (SSSR count). The van der Waals surface area contributed by atoms with Crippen LogP contribution in [0.3, 0.4) is 0 Å². The summed E-state index contributed by atoms with van der Waals surface area (Å²) in [7, 11) is 0. The van der Waals surface area contributed by atoms with E-state index in [9.17, 15) is 0 Å². The second-order valence-electron chi connectivity index (χ2n) is 3.18. The van der Waals surface area contributed by atoms with E-state index < -0.39 is 0 Å². The van der Waals surface area contributed by atoms with Gasteiger partial charge in [-0.2, -0.15) is 4.98 Å². The summed E-state index contributed by atoms with van der Waals surface area (Å²) in [6.45, 7) is 0. The third-order valence-corrected chi connectivity index (χ3v) is 1.92. The quantitative estimate of drug-likeness (QED) is 0.743. The lowest BCUT2D eigenvalue weighted by atomic mass is 10.1. The first-order valence-electron chi connectivity index (χ1n) is 4.52. The van der Waals surface area contributed by atoms with E-state index in [1.54, 1.807) is 18.5 Å². The Morgan fingerprint density at radius 1 is 1.20 bits per heavy atom. The van der Waals surface area contributed by atoms with Gasteiger partial charge in [0.2, 0.25) is 5.95 Å². The number of hydrogen-bond donors (Lipinski definition) is 2. The molecule has 0 amide bonds. The fourth-order valence-corrected chi connectivity index (χ4v) is 1.34. The van der Waals surface area contributed by atoms with E-state index in [4.69, 9.17) is 11.5 Å². The van der Waals surface area contributed by atoms with Crippen molar-refractivity contribution in [1.29, 1.82) is 0 Å². The highest BCUT2D eigenvalue weighted by atomic mass is 15.0. The lowest BCUT2D eigenvalue weighted by Gasteiger charge is -2.02. The number of nitrogen functional groups attached to an aromatic ring is 2. The third-order valence-electron chi connectivity index (χ3n) is 1.92. The van der Waals surface area contributed by atoms with E-state index in [2.05, 4.69) is 15.0 Å². The van der Waals surface area contributed by atoms with Gasteiger partial charge in [0.05, 0.1) is 5.69 Å². The minimum absolute atomic E-state index is 0.203. The van der Waals surface area contributed by atoms with Crippen molar-refractivity contribution >= 4 is 11.8 Å². The first-order chi connectivity index (χ1) is 7.24. The van der Waals surface area contributed by atoms with Crippen molar-refractivity contribution in [2.75, 3.05) is 11.5 Å². The Labute approximate surface area is 87.2 Å². The topological polar surface area (TPSA) is 90.7 Å². The van der Waals surface area contributed by atoms with Crippen LogP contribution in [-0.2, 0) is 6.42 Å². The van der Waals surface area contributed by atoms with Gasteiger partial charge in [0.1, 0.15) is 5.82 Å². The molecule has 0 radical (unpaired) electrons. The SMILES string of the molecule is Nc1cc(Cc2cccnc2)nc(N)n1. The summed E-state index contributed by atoms with van der Waals surface area (Å²) in [5.41, 5.74) is 12.9. The highest BCUT2D eigenvalue weighted by Crippen LogP contribution is 2.09. The van der Waals surface area contributed by atoms with E-state index in [1.165, 1.54) is 0 Å². The Morgan fingerprint density at radius 3 is 2.73 bits per heavy atom. The van der Waals surface area contributed by atoms with Crippen LogP contribution < -0.4 is 11.5 Å². The summed E-state index contributed by atoms with van der Waals surface area (Å²) in [5, 5.41) is 0. The number of aromatic nitrogens is 3. The number of nitrogens with two attached hydrogens (primary N) is 2. The van der Waals surface area contributed by atoms with Crippen LogP contribution in [0.5, 0.6) is 0 Å². The van der Waals surface area contributed by atoms with Gasteiger partial charge in [-0.1, -0.05) is 6.07 Å². The molecule has 0 atom stereocenters. The molecule has 76 valence electrons. The van der Waals surface area contributed by atoms with E-state index in [0.717, 1.165) is 11.3 Å². The lowest BCUT2D eigenvalue weighted by Crippen LogP contribution is -2.03. The molecule has 2 heterocycles. The molecule has 0 saturated heterocycles. The van der Waals surface area contributed by atoms with Gasteiger partial charge >= 0.3 is 0 Å². The predicted molar refractivity (Wildman–Crippen MR) is 57.9 cm³/mol. The van der Waals surface area contributed by atoms with Crippen molar-refractivity contribution in [2.24, 2.45) is 0 Å². The molecule has 0 bridgehead atoms. The average molecular weight is 201 g/mol. The molecule has 2 aromatic heterocycles. The van der Waals surface area contributed by atoms with Crippen LogP contribution in [0.15, 0.2) is 30.6 Å². The second kappa shape index (κ2) is 3.91. The summed E-state index contributed by atoms with van der Waals surface area (Å²) in [6, 6.07) is 5.56. The molecule has 0 aromatic carbocycles. The maximum atomic E-state index is 5.57. The van der Waals surface area contributed by atoms with Crippen molar-refractivity contribution in [3.63, 3.8) is 0 Å². The lowest BCUT2D eigenvalue weighted by molar-refractivity contribution is 1.03. The Morgan fingerprint density at radius 2 is 2.07 bits per heavy atom. The van der Waals surface area contributed by atoms with E-state index in [1.807, 2.05) is 12.1 Å². The van der Waals surface area contributed by atoms with Gasteiger partial charge in [0, 0.05) is 24.9 Å². The molecule has 5 nitrogen and oxygen atoms in total. The number of hydrogen-bond acceptors (Lipinski definition) is 5. The van der Waals surface area contributed by atoms with Gasteiger partial charge in [-0.05, 0) is 11.6 Å². The zero-order chi connectivity index (χ0) is 10.7. The number of pyridine rings is 1. The number of anilines is 2. The van der Waals surface area contributed by atoms with Crippen LogP contribution in [0.25, 0.3) is 0 Å². The summed E-state index contributed by atoms with van der Waals surface area (Å²) in [4.78, 5) is 11.9. The fraction of sp³-hybridized carbons (Fsp3) is 0.100. The van der Waals surface area contributed by atoms with Crippen LogP contribution in [0, 0.1) is 0 Å². The molecule has 4 N–H and O–H groups in total. The van der Waals surface area contributed by atoms with Crippen LogP contribution in [-0.4, -0.2) is 15.0 Å². The maximum absolute atomic E-state index is 5.57. The summed E-state index contributed by atoms with van der Waals surface area (Å²) in [6.07, 6.45) is 4.17. The van der Waals surface area contributed by atoms with Crippen molar-refractivity contribution in [1.82, 2.24) is 15.0 Å². The highest BCUT2D eigenvalue weighted by Gasteiger charge is 2.01. The van der Waals surface area contributed by atoms with Crippen LogP contribution >= 0.6 is 0 Å². The molecule has 0 aliphatic carbocycles. The molecule has 0 aliphatic heterocycles. The molecular weight excluding hydrogens is 190 g/mol. The van der Waals surface area contributed by atoms with Crippen LogP contribution in [0.1, 0.15) is 11.3 Å². The van der Waals surface area contributed by atoms with Gasteiger partial charge in [0.15, 0.2) is 0 Å². The normalized spacial score (nSPS) is 10.1. The summed E-state index contributed by atoms with van der Waals surface area (Å²) < 4.78 is 0. The maximum Gasteiger partial charge on any atom is 0.222 e. The Balaban J connectivity index is 2.25. The van der Waals surface area contributed by atoms with Crippen LogP contribution in [0.4, 0.5) is 11.8 Å². The summed E-state index contributed by atoms with van der Waals surface area (Å²) >= 11 is 0. The molecule has 0 spiro atoms. The molecule has 0 unspecified atom stereocenters. The third kappa shape index (κ3) is 2.40. The Kier molecular flexibility index (Phi) is 2.45. The van der Waals surface area contributed by atoms with Crippen molar-refractivity contribution in [3.8, 4) is 0 Å². The zero-order valence-corrected chi connectivity index (χ0v) is 8.09. The minimum atomic E-state index is 0.203. The van der Waals surface area contributed by atoms with Gasteiger partial charge in [0.25, 0.3) is 0 Å². The smallest absolute Gasteiger partial charge is 0.222 e. The zero-order valence-electron chi connectivity index (χ0n) is 8.09. The molecule has 2 aromatic rings. The highest BCUT2D eigenvalue weighted by molar-refractivity contribution is 5.37. The van der Waals surface area contributed by atoms with E-state index >= 15 is 0 Å². The van der Waals surface area contributed by atoms with Crippen molar-refractivity contribution < 1.29 is 0 Å². The predicted octanol–water partition coefficient (Wildman–Crippen LogP) is 0.627. The molecule has 0 aliphatic rings. The van der Waals surface area contributed by atoms with Gasteiger partial charge < -0.3 is 11.5 Å².